The summed E-state index contributed by atoms with van der Waals surface area (Å²) in [7, 11) is 0. The predicted octanol–water partition coefficient (Wildman–Crippen LogP) is 1.95. The van der Waals surface area contributed by atoms with Crippen LogP contribution in [0.25, 0.3) is 0 Å². The molecule has 5 heteroatoms. The first-order valence-electron chi connectivity index (χ1n) is 7.06. The van der Waals surface area contributed by atoms with Crippen molar-refractivity contribution >= 4 is 6.16 Å². The monoisotopic (exact) mass is 274 g/mol. The lowest BCUT2D eigenvalue weighted by molar-refractivity contribution is -0.0475. The van der Waals surface area contributed by atoms with Crippen molar-refractivity contribution in [2.75, 3.05) is 13.2 Å². The average molecular weight is 274 g/mol. The normalized spacial score (nSPS) is 29.1. The minimum Gasteiger partial charge on any atom is -0.431 e. The maximum absolute atomic E-state index is 11.6. The number of aliphatic hydroxyl groups excluding tert-OH is 2. The van der Waals surface area contributed by atoms with Crippen molar-refractivity contribution in [1.29, 1.82) is 0 Å². The molecule has 4 atom stereocenters. The van der Waals surface area contributed by atoms with Gasteiger partial charge in [-0.1, -0.05) is 27.2 Å². The molecule has 0 aromatic carbocycles. The van der Waals surface area contributed by atoms with Crippen LogP contribution in [0.4, 0.5) is 4.79 Å². The highest BCUT2D eigenvalue weighted by Crippen LogP contribution is 2.35. The van der Waals surface area contributed by atoms with Gasteiger partial charge in [-0.25, -0.2) is 4.79 Å². The van der Waals surface area contributed by atoms with Crippen LogP contribution in [0, 0.1) is 17.8 Å². The third-order valence-electron chi connectivity index (χ3n) is 3.81. The number of aliphatic hydroxyl groups is 2. The maximum Gasteiger partial charge on any atom is 0.508 e. The molecule has 0 spiro atoms. The summed E-state index contributed by atoms with van der Waals surface area (Å²) >= 11 is 0. The molecule has 2 unspecified atom stereocenters. The molecule has 0 bridgehead atoms. The van der Waals surface area contributed by atoms with Crippen molar-refractivity contribution in [2.45, 2.75) is 52.2 Å². The topological polar surface area (TPSA) is 76.0 Å². The van der Waals surface area contributed by atoms with E-state index in [1.165, 1.54) is 6.42 Å². The molecule has 0 aromatic heterocycles. The van der Waals surface area contributed by atoms with Crippen molar-refractivity contribution < 1.29 is 24.5 Å². The lowest BCUT2D eigenvalue weighted by Crippen LogP contribution is -2.36. The molecule has 5 nitrogen and oxygen atoms in total. The van der Waals surface area contributed by atoms with Gasteiger partial charge in [0.25, 0.3) is 0 Å². The van der Waals surface area contributed by atoms with E-state index in [0.717, 1.165) is 12.8 Å². The third-order valence-corrected chi connectivity index (χ3v) is 3.81. The largest absolute Gasteiger partial charge is 0.508 e. The fourth-order valence-electron chi connectivity index (χ4n) is 2.62. The maximum atomic E-state index is 11.6. The van der Waals surface area contributed by atoms with Gasteiger partial charge in [-0.05, 0) is 30.6 Å². The zero-order valence-corrected chi connectivity index (χ0v) is 12.0. The SMILES string of the molecule is CC1CC[C@@H](C(C)C)[C@H](OC(=O)OCC(O)CO)C1. The van der Waals surface area contributed by atoms with Crippen LogP contribution in [-0.4, -0.2) is 41.8 Å². The van der Waals surface area contributed by atoms with E-state index in [9.17, 15) is 4.79 Å². The molecule has 2 N–H and O–H groups in total. The molecular formula is C14H26O5. The van der Waals surface area contributed by atoms with Crippen molar-refractivity contribution in [1.82, 2.24) is 0 Å². The Morgan fingerprint density at radius 1 is 1.37 bits per heavy atom. The second-order valence-electron chi connectivity index (χ2n) is 5.88. The quantitative estimate of drug-likeness (QED) is 0.749. The van der Waals surface area contributed by atoms with Crippen LogP contribution in [0.2, 0.25) is 0 Å². The lowest BCUT2D eigenvalue weighted by Gasteiger charge is -2.36. The Balaban J connectivity index is 2.44. The molecule has 1 aliphatic carbocycles. The smallest absolute Gasteiger partial charge is 0.431 e. The Labute approximate surface area is 114 Å². The molecule has 1 saturated carbocycles. The fraction of sp³-hybridized carbons (Fsp3) is 0.929. The second-order valence-corrected chi connectivity index (χ2v) is 5.88. The molecule has 1 rings (SSSR count). The molecule has 0 aliphatic heterocycles. The summed E-state index contributed by atoms with van der Waals surface area (Å²) in [5.41, 5.74) is 0. The number of carbonyl (C=O) groups excluding carboxylic acids is 1. The van der Waals surface area contributed by atoms with E-state index in [1.54, 1.807) is 0 Å². The van der Waals surface area contributed by atoms with Crippen molar-refractivity contribution in [3.63, 3.8) is 0 Å². The summed E-state index contributed by atoms with van der Waals surface area (Å²) in [6.07, 6.45) is 1.19. The predicted molar refractivity (Wildman–Crippen MR) is 70.7 cm³/mol. The molecule has 1 aliphatic rings. The minimum absolute atomic E-state index is 0.109. The Morgan fingerprint density at radius 2 is 2.05 bits per heavy atom. The van der Waals surface area contributed by atoms with E-state index in [2.05, 4.69) is 20.8 Å². The number of rotatable bonds is 5. The van der Waals surface area contributed by atoms with E-state index in [-0.39, 0.29) is 12.7 Å². The molecular weight excluding hydrogens is 248 g/mol. The molecule has 0 saturated heterocycles. The third kappa shape index (κ3) is 5.37. The van der Waals surface area contributed by atoms with Crippen LogP contribution in [0.1, 0.15) is 40.0 Å². The zero-order valence-electron chi connectivity index (χ0n) is 12.0. The van der Waals surface area contributed by atoms with Crippen LogP contribution >= 0.6 is 0 Å². The number of ether oxygens (including phenoxy) is 2. The Hall–Kier alpha value is -0.810. The zero-order chi connectivity index (χ0) is 14.4. The summed E-state index contributed by atoms with van der Waals surface area (Å²) in [6.45, 7) is 5.77. The molecule has 19 heavy (non-hydrogen) atoms. The van der Waals surface area contributed by atoms with Gasteiger partial charge in [-0.15, -0.1) is 0 Å². The first-order chi connectivity index (χ1) is 8.93. The van der Waals surface area contributed by atoms with Gasteiger partial charge in [-0.3, -0.25) is 0 Å². The molecule has 112 valence electrons. The van der Waals surface area contributed by atoms with Crippen LogP contribution in [0.5, 0.6) is 0 Å². The average Bonchev–Trinajstić information content (AvgIpc) is 2.35. The van der Waals surface area contributed by atoms with Crippen molar-refractivity contribution in [2.24, 2.45) is 17.8 Å². The van der Waals surface area contributed by atoms with Crippen LogP contribution < -0.4 is 0 Å². The number of carbonyl (C=O) groups is 1. The highest BCUT2D eigenvalue weighted by Gasteiger charge is 2.33. The summed E-state index contributed by atoms with van der Waals surface area (Å²) in [6, 6.07) is 0. The first kappa shape index (κ1) is 16.2. The lowest BCUT2D eigenvalue weighted by atomic mass is 9.75. The summed E-state index contributed by atoms with van der Waals surface area (Å²) in [5.74, 6) is 1.38. The van der Waals surface area contributed by atoms with Gasteiger partial charge >= 0.3 is 6.16 Å². The van der Waals surface area contributed by atoms with Crippen LogP contribution in [0.15, 0.2) is 0 Å². The van der Waals surface area contributed by atoms with E-state index < -0.39 is 18.9 Å². The molecule has 0 radical (unpaired) electrons. The van der Waals surface area contributed by atoms with Crippen LogP contribution in [-0.2, 0) is 9.47 Å². The molecule has 0 aromatic rings. The van der Waals surface area contributed by atoms with E-state index in [4.69, 9.17) is 19.7 Å². The fourth-order valence-corrected chi connectivity index (χ4v) is 2.62. The summed E-state index contributed by atoms with van der Waals surface area (Å²) in [5, 5.41) is 17.7. The van der Waals surface area contributed by atoms with Gasteiger partial charge in [-0.2, -0.15) is 0 Å². The van der Waals surface area contributed by atoms with Gasteiger partial charge in [0.15, 0.2) is 0 Å². The second kappa shape index (κ2) is 7.70. The molecule has 0 amide bonds. The van der Waals surface area contributed by atoms with E-state index in [1.807, 2.05) is 0 Å². The Kier molecular flexibility index (Phi) is 6.58. The van der Waals surface area contributed by atoms with Gasteiger partial charge < -0.3 is 19.7 Å². The number of hydrogen-bond donors (Lipinski definition) is 2. The van der Waals surface area contributed by atoms with Crippen molar-refractivity contribution in [3.8, 4) is 0 Å². The summed E-state index contributed by atoms with van der Waals surface area (Å²) < 4.78 is 10.2. The van der Waals surface area contributed by atoms with Gasteiger partial charge in [0.1, 0.15) is 18.8 Å². The highest BCUT2D eigenvalue weighted by molar-refractivity contribution is 5.60. The van der Waals surface area contributed by atoms with Gasteiger partial charge in [0, 0.05) is 0 Å². The standard InChI is InChI=1S/C14H26O5/c1-9(2)12-5-4-10(3)6-13(12)19-14(17)18-8-11(16)7-15/h9-13,15-16H,4-8H2,1-3H3/t10?,11?,12-,13+/m0/s1. The number of hydrogen-bond acceptors (Lipinski definition) is 5. The van der Waals surface area contributed by atoms with Crippen LogP contribution in [0.3, 0.4) is 0 Å². The van der Waals surface area contributed by atoms with E-state index >= 15 is 0 Å². The molecule has 1 fully saturated rings. The molecule has 0 heterocycles. The van der Waals surface area contributed by atoms with Gasteiger partial charge in [0.05, 0.1) is 6.61 Å². The minimum atomic E-state index is -1.04. The summed E-state index contributed by atoms with van der Waals surface area (Å²) in [4.78, 5) is 11.6. The highest BCUT2D eigenvalue weighted by atomic mass is 16.7. The van der Waals surface area contributed by atoms with Crippen molar-refractivity contribution in [3.05, 3.63) is 0 Å². The Morgan fingerprint density at radius 3 is 2.63 bits per heavy atom. The van der Waals surface area contributed by atoms with Gasteiger partial charge in [0.2, 0.25) is 0 Å². The first-order valence-corrected chi connectivity index (χ1v) is 7.06. The Bertz CT molecular complexity index is 279. The van der Waals surface area contributed by atoms with E-state index in [0.29, 0.717) is 17.8 Å².